The molecule has 23 heavy (non-hydrogen) atoms. The molecule has 4 heteroatoms. The molecule has 0 N–H and O–H groups in total. The first kappa shape index (κ1) is 15.5. The molecule has 2 heterocycles. The molecule has 3 aromatic rings. The minimum atomic E-state index is -0.247. The third-order valence-corrected chi connectivity index (χ3v) is 4.36. The first-order chi connectivity index (χ1) is 10.9. The van der Waals surface area contributed by atoms with Gasteiger partial charge in [0.05, 0.1) is 9.75 Å². The number of rotatable bonds is 1. The van der Waals surface area contributed by atoms with Crippen molar-refractivity contribution in [3.05, 3.63) is 65.0 Å². The van der Waals surface area contributed by atoms with Gasteiger partial charge in [0.1, 0.15) is 5.82 Å². The molecule has 0 fully saturated rings. The topological polar surface area (TPSA) is 17.8 Å². The van der Waals surface area contributed by atoms with Crippen molar-refractivity contribution in [2.24, 2.45) is 0 Å². The molecule has 3 rings (SSSR count). The summed E-state index contributed by atoms with van der Waals surface area (Å²) in [6.07, 6.45) is 3.82. The number of thiophene rings is 1. The maximum atomic E-state index is 12.9. The monoisotopic (exact) mass is 324 g/mol. The molecule has 0 spiro atoms. The minimum Gasteiger partial charge on any atom is -0.325 e. The number of hydrogen-bond acceptors (Lipinski definition) is 2. The Morgan fingerprint density at radius 1 is 1.04 bits per heavy atom. The molecule has 0 aliphatic heterocycles. The molecule has 2 aromatic heterocycles. The lowest BCUT2D eigenvalue weighted by atomic mass is 10.1. The first-order valence-corrected chi connectivity index (χ1v) is 8.17. The van der Waals surface area contributed by atoms with Gasteiger partial charge in [-0.05, 0) is 57.2 Å². The van der Waals surface area contributed by atoms with Gasteiger partial charge in [-0.1, -0.05) is 11.8 Å². The molecule has 0 aliphatic carbocycles. The second-order valence-corrected chi connectivity index (χ2v) is 7.30. The van der Waals surface area contributed by atoms with Crippen LogP contribution in [0.2, 0.25) is 0 Å². The summed E-state index contributed by atoms with van der Waals surface area (Å²) in [6, 6.07) is 10.3. The van der Waals surface area contributed by atoms with Gasteiger partial charge in [0.15, 0.2) is 5.82 Å². The second kappa shape index (κ2) is 6.02. The molecule has 0 aliphatic rings. The van der Waals surface area contributed by atoms with Crippen LogP contribution in [0.5, 0.6) is 0 Å². The zero-order valence-electron chi connectivity index (χ0n) is 13.3. The van der Waals surface area contributed by atoms with Crippen LogP contribution in [0, 0.1) is 17.7 Å². The number of nitrogens with zero attached hydrogens (tertiary/aromatic N) is 2. The van der Waals surface area contributed by atoms with Crippen molar-refractivity contribution in [2.45, 2.75) is 26.3 Å². The molecule has 0 saturated carbocycles. The van der Waals surface area contributed by atoms with Crippen LogP contribution in [0.15, 0.2) is 48.8 Å². The van der Waals surface area contributed by atoms with Crippen LogP contribution >= 0.6 is 11.3 Å². The van der Waals surface area contributed by atoms with Gasteiger partial charge in [0.25, 0.3) is 0 Å². The summed E-state index contributed by atoms with van der Waals surface area (Å²) >= 11 is 1.61. The van der Waals surface area contributed by atoms with Crippen LogP contribution in [-0.2, 0) is 5.54 Å². The van der Waals surface area contributed by atoms with Gasteiger partial charge >= 0.3 is 0 Å². The Morgan fingerprint density at radius 3 is 2.48 bits per heavy atom. The highest BCUT2D eigenvalue weighted by atomic mass is 32.1. The third-order valence-electron chi connectivity index (χ3n) is 3.36. The summed E-state index contributed by atoms with van der Waals surface area (Å²) in [5, 5.41) is 0. The molecule has 116 valence electrons. The van der Waals surface area contributed by atoms with Crippen LogP contribution in [-0.4, -0.2) is 9.55 Å². The highest BCUT2D eigenvalue weighted by Gasteiger charge is 2.18. The van der Waals surface area contributed by atoms with E-state index in [4.69, 9.17) is 0 Å². The van der Waals surface area contributed by atoms with Crippen molar-refractivity contribution in [2.75, 3.05) is 0 Å². The normalized spacial score (nSPS) is 11.1. The SMILES string of the molecule is CC(C)(C)n1ccnc1-c1ccc(C#Cc2ccc(F)cc2)s1. The Bertz CT molecular complexity index is 870. The Balaban J connectivity index is 1.88. The first-order valence-electron chi connectivity index (χ1n) is 7.35. The molecule has 2 nitrogen and oxygen atoms in total. The van der Waals surface area contributed by atoms with Crippen LogP contribution in [0.3, 0.4) is 0 Å². The quantitative estimate of drug-likeness (QED) is 0.582. The Hall–Kier alpha value is -2.38. The highest BCUT2D eigenvalue weighted by Crippen LogP contribution is 2.30. The van der Waals surface area contributed by atoms with Gasteiger partial charge in [0, 0.05) is 23.5 Å². The Labute approximate surface area is 139 Å². The van der Waals surface area contributed by atoms with Gasteiger partial charge in [0.2, 0.25) is 0 Å². The predicted molar refractivity (Wildman–Crippen MR) is 92.9 cm³/mol. The van der Waals surface area contributed by atoms with Crippen molar-refractivity contribution in [1.29, 1.82) is 0 Å². The number of benzene rings is 1. The molecule has 0 unspecified atom stereocenters. The zero-order valence-corrected chi connectivity index (χ0v) is 14.1. The van der Waals surface area contributed by atoms with Crippen molar-refractivity contribution in [3.8, 4) is 22.5 Å². The average Bonchev–Trinajstić information content (AvgIpc) is 3.15. The lowest BCUT2D eigenvalue weighted by molar-refractivity contribution is 0.401. The Morgan fingerprint density at radius 2 is 1.78 bits per heavy atom. The van der Waals surface area contributed by atoms with E-state index in [1.165, 1.54) is 12.1 Å². The average molecular weight is 324 g/mol. The highest BCUT2D eigenvalue weighted by molar-refractivity contribution is 7.15. The van der Waals surface area contributed by atoms with E-state index in [2.05, 4.69) is 42.2 Å². The fourth-order valence-corrected chi connectivity index (χ4v) is 3.07. The van der Waals surface area contributed by atoms with E-state index < -0.39 is 0 Å². The second-order valence-electron chi connectivity index (χ2n) is 6.21. The zero-order chi connectivity index (χ0) is 16.4. The van der Waals surface area contributed by atoms with Crippen LogP contribution in [0.25, 0.3) is 10.7 Å². The predicted octanol–water partition coefficient (Wildman–Crippen LogP) is 4.91. The van der Waals surface area contributed by atoms with Crippen molar-refractivity contribution in [1.82, 2.24) is 9.55 Å². The number of halogens is 1. The molecule has 0 atom stereocenters. The van der Waals surface area contributed by atoms with E-state index in [9.17, 15) is 4.39 Å². The molecule has 1 aromatic carbocycles. The van der Waals surface area contributed by atoms with E-state index in [-0.39, 0.29) is 11.4 Å². The molecule has 0 bridgehead atoms. The molecular weight excluding hydrogens is 307 g/mol. The van der Waals surface area contributed by atoms with Crippen molar-refractivity contribution < 1.29 is 4.39 Å². The van der Waals surface area contributed by atoms with Crippen LogP contribution < -0.4 is 0 Å². The van der Waals surface area contributed by atoms with Crippen molar-refractivity contribution in [3.63, 3.8) is 0 Å². The lowest BCUT2D eigenvalue weighted by Gasteiger charge is -2.22. The van der Waals surface area contributed by atoms with E-state index in [1.54, 1.807) is 23.5 Å². The molecule has 0 radical (unpaired) electrons. The van der Waals surface area contributed by atoms with Crippen LogP contribution in [0.1, 0.15) is 31.2 Å². The summed E-state index contributed by atoms with van der Waals surface area (Å²) < 4.78 is 15.1. The largest absolute Gasteiger partial charge is 0.325 e. The summed E-state index contributed by atoms with van der Waals surface area (Å²) in [5.74, 6) is 6.90. The standard InChI is InChI=1S/C19H17FN2S/c1-19(2,3)22-13-12-21-18(22)17-11-10-16(23-17)9-6-14-4-7-15(20)8-5-14/h4-5,7-8,10-13H,1-3H3. The third kappa shape index (κ3) is 3.52. The number of hydrogen-bond donors (Lipinski definition) is 0. The minimum absolute atomic E-state index is 0.0181. The van der Waals surface area contributed by atoms with Gasteiger partial charge in [-0.3, -0.25) is 0 Å². The van der Waals surface area contributed by atoms with Gasteiger partial charge < -0.3 is 4.57 Å². The van der Waals surface area contributed by atoms with E-state index in [0.29, 0.717) is 0 Å². The van der Waals surface area contributed by atoms with E-state index in [0.717, 1.165) is 21.1 Å². The maximum absolute atomic E-state index is 12.9. The molecule has 0 amide bonds. The number of imidazole rings is 1. The fraction of sp³-hybridized carbons (Fsp3) is 0.211. The van der Waals surface area contributed by atoms with E-state index >= 15 is 0 Å². The Kier molecular flexibility index (Phi) is 4.06. The van der Waals surface area contributed by atoms with Crippen molar-refractivity contribution >= 4 is 11.3 Å². The summed E-state index contributed by atoms with van der Waals surface area (Å²) in [4.78, 5) is 6.53. The maximum Gasteiger partial charge on any atom is 0.150 e. The molecular formula is C19H17FN2S. The molecule has 0 saturated heterocycles. The summed E-state index contributed by atoms with van der Waals surface area (Å²) in [7, 11) is 0. The van der Waals surface area contributed by atoms with E-state index in [1.807, 2.05) is 24.5 Å². The van der Waals surface area contributed by atoms with Gasteiger partial charge in [-0.25, -0.2) is 9.37 Å². The summed E-state index contributed by atoms with van der Waals surface area (Å²) in [6.45, 7) is 6.46. The number of aromatic nitrogens is 2. The lowest BCUT2D eigenvalue weighted by Crippen LogP contribution is -2.21. The fourth-order valence-electron chi connectivity index (χ4n) is 2.22. The smallest absolute Gasteiger partial charge is 0.150 e. The summed E-state index contributed by atoms with van der Waals surface area (Å²) in [5.41, 5.74) is 0.785. The van der Waals surface area contributed by atoms with Gasteiger partial charge in [-0.2, -0.15) is 0 Å². The van der Waals surface area contributed by atoms with Crippen LogP contribution in [0.4, 0.5) is 4.39 Å². The van der Waals surface area contributed by atoms with Gasteiger partial charge in [-0.15, -0.1) is 11.3 Å².